The lowest BCUT2D eigenvalue weighted by Crippen LogP contribution is -2.57. The number of hydrogen-bond acceptors (Lipinski definition) is 6. The molecule has 0 radical (unpaired) electrons. The number of hydrogen-bond donors (Lipinski definition) is 2. The van der Waals surface area contributed by atoms with Crippen LogP contribution in [0.4, 0.5) is 4.79 Å². The summed E-state index contributed by atoms with van der Waals surface area (Å²) in [6.45, 7) is 3.48. The highest BCUT2D eigenvalue weighted by Gasteiger charge is 2.43. The first-order chi connectivity index (χ1) is 15.7. The lowest BCUT2D eigenvalue weighted by atomic mass is 10.0. The van der Waals surface area contributed by atoms with Crippen LogP contribution in [0.1, 0.15) is 31.4 Å². The molecule has 0 heterocycles. The van der Waals surface area contributed by atoms with Gasteiger partial charge in [0.1, 0.15) is 12.6 Å². The molecule has 10 nitrogen and oxygen atoms in total. The highest BCUT2D eigenvalue weighted by atomic mass is 16.7. The number of nitro groups is 1. The van der Waals surface area contributed by atoms with E-state index >= 15 is 0 Å². The van der Waals surface area contributed by atoms with Crippen LogP contribution >= 0.6 is 0 Å². The highest BCUT2D eigenvalue weighted by Crippen LogP contribution is 2.15. The summed E-state index contributed by atoms with van der Waals surface area (Å²) < 4.78 is 5.13. The topological polar surface area (TPSA) is 139 Å². The molecule has 0 saturated heterocycles. The van der Waals surface area contributed by atoms with Crippen molar-refractivity contribution in [1.82, 2.24) is 10.3 Å². The molecule has 0 fully saturated rings. The van der Waals surface area contributed by atoms with Gasteiger partial charge in [-0.2, -0.15) is 0 Å². The van der Waals surface area contributed by atoms with Crippen molar-refractivity contribution < 1.29 is 29.3 Å². The SMILES string of the molecule is CC(C)C[C@H](NC(=O)OCc1ccccc1)C(=O)N([C@@H](Cc1ccccc1)C(=O)O)[N+](=O)[O-]. The molecule has 0 saturated carbocycles. The standard InChI is InChI=1S/C23H27N3O7/c1-16(2)13-19(24-23(30)33-15-18-11-7-4-8-12-18)21(27)25(26(31)32)20(22(28)29)14-17-9-5-3-6-10-17/h3-12,16,19-20H,13-15H2,1-2H3,(H,24,30)(H,28,29)/t19-,20-/m0/s1. The van der Waals surface area contributed by atoms with Crippen molar-refractivity contribution in [3.8, 4) is 0 Å². The Morgan fingerprint density at radius 2 is 1.58 bits per heavy atom. The molecule has 33 heavy (non-hydrogen) atoms. The smallest absolute Gasteiger partial charge is 0.408 e. The van der Waals surface area contributed by atoms with Crippen molar-refractivity contribution in [2.45, 2.75) is 45.4 Å². The number of alkyl carbamates (subject to hydrolysis) is 1. The Kier molecular flexibility index (Phi) is 9.34. The average Bonchev–Trinajstić information content (AvgIpc) is 2.77. The van der Waals surface area contributed by atoms with Crippen LogP contribution in [-0.4, -0.2) is 45.2 Å². The van der Waals surface area contributed by atoms with Crippen LogP contribution in [0.15, 0.2) is 60.7 Å². The predicted molar refractivity (Wildman–Crippen MR) is 118 cm³/mol. The molecule has 176 valence electrons. The number of carboxylic acid groups (broad SMARTS) is 1. The van der Waals surface area contributed by atoms with Crippen LogP contribution in [-0.2, 0) is 27.4 Å². The van der Waals surface area contributed by atoms with Crippen molar-refractivity contribution in [3.63, 3.8) is 0 Å². The largest absolute Gasteiger partial charge is 0.480 e. The summed E-state index contributed by atoms with van der Waals surface area (Å²) >= 11 is 0. The Morgan fingerprint density at radius 1 is 1.03 bits per heavy atom. The number of nitrogens with one attached hydrogen (secondary N) is 1. The van der Waals surface area contributed by atoms with Gasteiger partial charge in [0.15, 0.2) is 11.1 Å². The van der Waals surface area contributed by atoms with E-state index in [9.17, 15) is 29.6 Å². The molecular formula is C23H27N3O7. The quantitative estimate of drug-likeness (QED) is 0.390. The highest BCUT2D eigenvalue weighted by molar-refractivity contribution is 5.88. The first-order valence-electron chi connectivity index (χ1n) is 10.4. The number of nitrogens with zero attached hydrogens (tertiary/aromatic N) is 2. The van der Waals surface area contributed by atoms with Crippen LogP contribution < -0.4 is 5.32 Å². The fraction of sp³-hybridized carbons (Fsp3) is 0.348. The average molecular weight is 457 g/mol. The van der Waals surface area contributed by atoms with Gasteiger partial charge in [-0.3, -0.25) is 4.79 Å². The van der Waals surface area contributed by atoms with Crippen molar-refractivity contribution >= 4 is 18.0 Å². The molecule has 2 aromatic carbocycles. The molecule has 0 unspecified atom stereocenters. The second-order valence-electron chi connectivity index (χ2n) is 7.85. The Hall–Kier alpha value is -3.95. The van der Waals surface area contributed by atoms with E-state index in [-0.39, 0.29) is 30.4 Å². The monoisotopic (exact) mass is 457 g/mol. The van der Waals surface area contributed by atoms with Gasteiger partial charge in [-0.15, -0.1) is 0 Å². The third-order valence-electron chi connectivity index (χ3n) is 4.76. The van der Waals surface area contributed by atoms with Gasteiger partial charge in [-0.05, 0) is 28.5 Å². The first kappa shape index (κ1) is 25.3. The molecule has 2 aromatic rings. The number of aliphatic carboxylic acids is 1. The van der Waals surface area contributed by atoms with Gasteiger partial charge in [0, 0.05) is 6.42 Å². The molecule has 10 heteroatoms. The van der Waals surface area contributed by atoms with Gasteiger partial charge in [-0.1, -0.05) is 74.5 Å². The number of carboxylic acids is 1. The molecule has 0 aromatic heterocycles. The zero-order valence-corrected chi connectivity index (χ0v) is 18.4. The minimum absolute atomic E-state index is 0.0556. The zero-order valence-electron chi connectivity index (χ0n) is 18.4. The number of amides is 2. The van der Waals surface area contributed by atoms with E-state index < -0.39 is 35.1 Å². The number of hydrazine groups is 1. The van der Waals surface area contributed by atoms with Gasteiger partial charge in [0.25, 0.3) is 0 Å². The van der Waals surface area contributed by atoms with E-state index in [0.29, 0.717) is 5.56 Å². The fourth-order valence-electron chi connectivity index (χ4n) is 3.22. The second-order valence-corrected chi connectivity index (χ2v) is 7.85. The maximum atomic E-state index is 13.1. The van der Waals surface area contributed by atoms with Gasteiger partial charge in [-0.25, -0.2) is 19.7 Å². The van der Waals surface area contributed by atoms with Crippen LogP contribution in [0.5, 0.6) is 0 Å². The van der Waals surface area contributed by atoms with E-state index in [1.54, 1.807) is 74.5 Å². The summed E-state index contributed by atoms with van der Waals surface area (Å²) in [6.07, 6.45) is -1.15. The Morgan fingerprint density at radius 3 is 2.06 bits per heavy atom. The molecule has 0 spiro atoms. The lowest BCUT2D eigenvalue weighted by molar-refractivity contribution is -0.640. The van der Waals surface area contributed by atoms with E-state index in [4.69, 9.17) is 4.74 Å². The predicted octanol–water partition coefficient (Wildman–Crippen LogP) is 3.04. The summed E-state index contributed by atoms with van der Waals surface area (Å²) in [6, 6.07) is 14.0. The Bertz CT molecular complexity index is 951. The molecule has 0 bridgehead atoms. The molecule has 2 rings (SSSR count). The van der Waals surface area contributed by atoms with Gasteiger partial charge in [0.05, 0.1) is 0 Å². The molecule has 2 N–H and O–H groups in total. The summed E-state index contributed by atoms with van der Waals surface area (Å²) in [7, 11) is 0. The minimum atomic E-state index is -1.76. The zero-order chi connectivity index (χ0) is 24.4. The summed E-state index contributed by atoms with van der Waals surface area (Å²) in [5, 5.41) is 22.8. The maximum absolute atomic E-state index is 13.1. The third kappa shape index (κ3) is 7.91. The summed E-state index contributed by atoms with van der Waals surface area (Å²) in [5.74, 6) is -2.79. The Labute approximate surface area is 191 Å². The number of ether oxygens (including phenoxy) is 1. The van der Waals surface area contributed by atoms with E-state index in [1.165, 1.54) is 0 Å². The molecule has 2 atom stereocenters. The van der Waals surface area contributed by atoms with Crippen molar-refractivity contribution in [2.24, 2.45) is 5.92 Å². The van der Waals surface area contributed by atoms with Crippen molar-refractivity contribution in [3.05, 3.63) is 81.9 Å². The van der Waals surface area contributed by atoms with E-state index in [1.807, 2.05) is 0 Å². The van der Waals surface area contributed by atoms with E-state index in [2.05, 4.69) is 5.32 Å². The fourth-order valence-corrected chi connectivity index (χ4v) is 3.22. The van der Waals surface area contributed by atoms with Crippen LogP contribution in [0.2, 0.25) is 0 Å². The normalized spacial score (nSPS) is 12.5. The number of rotatable bonds is 11. The third-order valence-corrected chi connectivity index (χ3v) is 4.76. The lowest BCUT2D eigenvalue weighted by Gasteiger charge is -2.25. The molecule has 0 aliphatic carbocycles. The van der Waals surface area contributed by atoms with E-state index in [0.717, 1.165) is 5.56 Å². The second kappa shape index (κ2) is 12.2. The maximum Gasteiger partial charge on any atom is 0.408 e. The van der Waals surface area contributed by atoms with Crippen LogP contribution in [0.3, 0.4) is 0 Å². The van der Waals surface area contributed by atoms with Gasteiger partial charge < -0.3 is 15.2 Å². The van der Waals surface area contributed by atoms with Gasteiger partial charge >= 0.3 is 18.0 Å². The number of benzene rings is 2. The van der Waals surface area contributed by atoms with Crippen LogP contribution in [0, 0.1) is 16.0 Å². The number of carbonyl (C=O) groups is 3. The molecule has 0 aliphatic rings. The molecular weight excluding hydrogens is 430 g/mol. The summed E-state index contributed by atoms with van der Waals surface area (Å²) in [4.78, 5) is 49.1. The first-order valence-corrected chi connectivity index (χ1v) is 10.4. The van der Waals surface area contributed by atoms with Crippen molar-refractivity contribution in [1.29, 1.82) is 0 Å². The van der Waals surface area contributed by atoms with Gasteiger partial charge in [0.2, 0.25) is 0 Å². The summed E-state index contributed by atoms with van der Waals surface area (Å²) in [5.41, 5.74) is 1.24. The molecule has 2 amide bonds. The number of carbonyl (C=O) groups excluding carboxylic acids is 2. The molecule has 0 aliphatic heterocycles. The van der Waals surface area contributed by atoms with Crippen LogP contribution in [0.25, 0.3) is 0 Å². The Balaban J connectivity index is 2.20. The van der Waals surface area contributed by atoms with Crippen molar-refractivity contribution in [2.75, 3.05) is 0 Å². The minimum Gasteiger partial charge on any atom is -0.480 e.